The Kier molecular flexibility index (Phi) is 6.28. The Morgan fingerprint density at radius 1 is 1.03 bits per heavy atom. The van der Waals surface area contributed by atoms with Gasteiger partial charge in [-0.2, -0.15) is 0 Å². The van der Waals surface area contributed by atoms with E-state index in [0.717, 1.165) is 6.26 Å². The number of nitrogens with one attached hydrogen (secondary N) is 4. The van der Waals surface area contributed by atoms with Gasteiger partial charge in [0.05, 0.1) is 29.4 Å². The first-order valence-corrected chi connectivity index (χ1v) is 10.9. The molecule has 35 heavy (non-hydrogen) atoms. The van der Waals surface area contributed by atoms with E-state index in [2.05, 4.69) is 30.7 Å². The van der Waals surface area contributed by atoms with Crippen molar-refractivity contribution in [1.29, 1.82) is 0 Å². The Labute approximate surface area is 201 Å². The van der Waals surface area contributed by atoms with E-state index in [4.69, 9.17) is 9.63 Å². The fourth-order valence-electron chi connectivity index (χ4n) is 3.45. The van der Waals surface area contributed by atoms with Crippen LogP contribution in [-0.2, 0) is 5.41 Å². The molecule has 0 atom stereocenters. The van der Waals surface area contributed by atoms with Crippen LogP contribution >= 0.6 is 0 Å². The Morgan fingerprint density at radius 3 is 2.46 bits per heavy atom. The largest absolute Gasteiger partial charge is 0.516 e. The monoisotopic (exact) mass is 474 g/mol. The zero-order valence-electron chi connectivity index (χ0n) is 19.8. The molecule has 5 N–H and O–H groups in total. The number of H-pyrrole nitrogens is 2. The van der Waals surface area contributed by atoms with Crippen molar-refractivity contribution in [3.8, 4) is 0 Å². The maximum Gasteiger partial charge on any atom is 0.326 e. The van der Waals surface area contributed by atoms with Gasteiger partial charge in [-0.25, -0.2) is 9.78 Å². The number of fused-ring (bicyclic) bond motifs is 1. The lowest BCUT2D eigenvalue weighted by atomic mass is 9.93. The summed E-state index contributed by atoms with van der Waals surface area (Å²) in [6.07, 6.45) is 7.61. The second-order valence-electron chi connectivity index (χ2n) is 8.94. The summed E-state index contributed by atoms with van der Waals surface area (Å²) in [5.41, 5.74) is 2.52. The number of ketones is 1. The molecule has 0 aliphatic heterocycles. The minimum atomic E-state index is -0.523. The normalized spacial score (nSPS) is 12.1. The number of hydrogen-bond acceptors (Lipinski definition) is 6. The summed E-state index contributed by atoms with van der Waals surface area (Å²) in [6, 6.07) is 6.16. The number of anilines is 2. The number of allylic oxidation sites excluding steroid dienone is 1. The number of carbonyl (C=O) groups excluding carboxylic acids is 2. The van der Waals surface area contributed by atoms with Crippen LogP contribution in [0, 0.1) is 0 Å². The number of aromatic nitrogens is 4. The van der Waals surface area contributed by atoms with Crippen molar-refractivity contribution in [2.24, 2.45) is 0 Å². The van der Waals surface area contributed by atoms with Crippen LogP contribution in [0.3, 0.4) is 0 Å². The third-order valence-electron chi connectivity index (χ3n) is 5.19. The molecule has 0 bridgehead atoms. The minimum Gasteiger partial charge on any atom is -0.516 e. The first kappa shape index (κ1) is 23.6. The van der Waals surface area contributed by atoms with Crippen molar-refractivity contribution in [3.05, 3.63) is 71.2 Å². The number of hydrogen-bond donors (Lipinski definition) is 5. The number of aromatic amines is 2. The third-order valence-corrected chi connectivity index (χ3v) is 5.19. The van der Waals surface area contributed by atoms with Crippen molar-refractivity contribution in [3.63, 3.8) is 0 Å². The van der Waals surface area contributed by atoms with E-state index >= 15 is 0 Å². The number of nitrogens with zero attached hydrogens (tertiary/aromatic N) is 2. The van der Waals surface area contributed by atoms with Gasteiger partial charge in [0, 0.05) is 28.1 Å². The molecule has 0 saturated carbocycles. The fraction of sp³-hybridized carbons (Fsp3) is 0.200. The molecule has 0 aliphatic rings. The predicted octanol–water partition coefficient (Wildman–Crippen LogP) is 5.61. The number of pyridine rings is 1. The average molecular weight is 475 g/mol. The molecule has 4 rings (SSSR count). The number of amides is 2. The van der Waals surface area contributed by atoms with Gasteiger partial charge < -0.3 is 19.6 Å². The zero-order valence-corrected chi connectivity index (χ0v) is 19.8. The molecule has 0 fully saturated rings. The molecule has 0 unspecified atom stereocenters. The van der Waals surface area contributed by atoms with Gasteiger partial charge in [-0.15, -0.1) is 0 Å². The van der Waals surface area contributed by atoms with Crippen LogP contribution in [0.4, 0.5) is 16.4 Å². The minimum absolute atomic E-state index is 0.231. The van der Waals surface area contributed by atoms with Crippen LogP contribution in [0.25, 0.3) is 23.1 Å². The Hall–Kier alpha value is -4.60. The topological polar surface area (TPSA) is 149 Å². The first-order valence-electron chi connectivity index (χ1n) is 10.9. The molecule has 10 heteroatoms. The molecule has 10 nitrogen and oxygen atoms in total. The molecule has 0 radical (unpaired) electrons. The molecule has 0 spiro atoms. The standard InChI is InChI=1S/C25H26N6O4/c1-5-6-16-14(7-8-32)9-17(27-16)23(33)18-10-15-11-21(26-13-19(15)28-18)29-24(34)30-22-12-20(35-31-22)25(2,3)4/h5-13,27-28,32H,1-4H3,(H2,26,29,30,31,34)/b6-5-,8-7+. The number of aliphatic hydroxyl groups excluding tert-OH is 1. The van der Waals surface area contributed by atoms with Crippen LogP contribution in [0.15, 0.2) is 47.3 Å². The molecule has 2 amide bonds. The molecule has 4 aromatic rings. The second-order valence-corrected chi connectivity index (χ2v) is 8.94. The Morgan fingerprint density at radius 2 is 1.77 bits per heavy atom. The Bertz CT molecular complexity index is 1420. The second kappa shape index (κ2) is 9.34. The summed E-state index contributed by atoms with van der Waals surface area (Å²) in [7, 11) is 0. The highest BCUT2D eigenvalue weighted by atomic mass is 16.5. The molecular formula is C25H26N6O4. The van der Waals surface area contributed by atoms with E-state index in [9.17, 15) is 9.59 Å². The van der Waals surface area contributed by atoms with Gasteiger partial charge in [0.25, 0.3) is 0 Å². The zero-order chi connectivity index (χ0) is 25.2. The summed E-state index contributed by atoms with van der Waals surface area (Å²) in [5.74, 6) is 0.994. The van der Waals surface area contributed by atoms with Crippen molar-refractivity contribution < 1.29 is 19.2 Å². The smallest absolute Gasteiger partial charge is 0.326 e. The van der Waals surface area contributed by atoms with Crippen molar-refractivity contribution >= 4 is 46.5 Å². The molecule has 4 heterocycles. The molecule has 4 aromatic heterocycles. The number of aliphatic hydroxyl groups is 1. The predicted molar refractivity (Wildman–Crippen MR) is 135 cm³/mol. The van der Waals surface area contributed by atoms with Crippen LogP contribution < -0.4 is 10.6 Å². The van der Waals surface area contributed by atoms with Crippen molar-refractivity contribution in [2.75, 3.05) is 10.6 Å². The SMILES string of the molecule is C/C=C\c1[nH]c(C(=O)c2cc3cc(NC(=O)Nc4cc(C(C)(C)C)on4)ncc3[nH]2)cc1/C=C/O. The maximum atomic E-state index is 13.0. The quantitative estimate of drug-likeness (QED) is 0.181. The fourth-order valence-corrected chi connectivity index (χ4v) is 3.45. The van der Waals surface area contributed by atoms with Crippen LogP contribution in [0.1, 0.15) is 60.9 Å². The van der Waals surface area contributed by atoms with Crippen molar-refractivity contribution in [2.45, 2.75) is 33.1 Å². The third kappa shape index (κ3) is 5.16. The molecular weight excluding hydrogens is 448 g/mol. The van der Waals surface area contributed by atoms with E-state index in [1.165, 1.54) is 12.3 Å². The summed E-state index contributed by atoms with van der Waals surface area (Å²) in [5, 5.41) is 18.9. The molecule has 0 aliphatic carbocycles. The average Bonchev–Trinajstić information content (AvgIpc) is 3.52. The van der Waals surface area contributed by atoms with E-state index in [1.807, 2.05) is 39.8 Å². The number of rotatable bonds is 6. The lowest BCUT2D eigenvalue weighted by Gasteiger charge is -2.12. The van der Waals surface area contributed by atoms with Gasteiger partial charge >= 0.3 is 6.03 Å². The van der Waals surface area contributed by atoms with Gasteiger partial charge in [-0.05, 0) is 37.3 Å². The number of urea groups is 1. The molecule has 180 valence electrons. The number of carbonyl (C=O) groups is 2. The van der Waals surface area contributed by atoms with E-state index in [-0.39, 0.29) is 11.2 Å². The summed E-state index contributed by atoms with van der Waals surface area (Å²) in [6.45, 7) is 7.80. The summed E-state index contributed by atoms with van der Waals surface area (Å²) in [4.78, 5) is 35.8. The van der Waals surface area contributed by atoms with Gasteiger partial charge in [0.15, 0.2) is 5.82 Å². The van der Waals surface area contributed by atoms with Crippen LogP contribution in [0.5, 0.6) is 0 Å². The van der Waals surface area contributed by atoms with E-state index in [0.29, 0.717) is 50.9 Å². The van der Waals surface area contributed by atoms with Gasteiger partial charge in [0.2, 0.25) is 5.78 Å². The Balaban J connectivity index is 1.50. The maximum absolute atomic E-state index is 13.0. The summed E-state index contributed by atoms with van der Waals surface area (Å²) >= 11 is 0. The lowest BCUT2D eigenvalue weighted by molar-refractivity contribution is 0.103. The van der Waals surface area contributed by atoms with E-state index < -0.39 is 6.03 Å². The van der Waals surface area contributed by atoms with E-state index in [1.54, 1.807) is 24.3 Å². The highest BCUT2D eigenvalue weighted by molar-refractivity contribution is 6.10. The highest BCUT2D eigenvalue weighted by Gasteiger charge is 2.21. The van der Waals surface area contributed by atoms with Gasteiger partial charge in [-0.3, -0.25) is 15.4 Å². The van der Waals surface area contributed by atoms with Gasteiger partial charge in [0.1, 0.15) is 11.6 Å². The van der Waals surface area contributed by atoms with Crippen LogP contribution in [0.2, 0.25) is 0 Å². The highest BCUT2D eigenvalue weighted by Crippen LogP contribution is 2.25. The molecule has 0 aromatic carbocycles. The molecule has 0 saturated heterocycles. The lowest BCUT2D eigenvalue weighted by Crippen LogP contribution is -2.20. The van der Waals surface area contributed by atoms with Crippen LogP contribution in [-0.4, -0.2) is 37.0 Å². The first-order chi connectivity index (χ1) is 16.7. The summed E-state index contributed by atoms with van der Waals surface area (Å²) < 4.78 is 5.27. The van der Waals surface area contributed by atoms with Gasteiger partial charge in [-0.1, -0.05) is 32.0 Å². The van der Waals surface area contributed by atoms with Crippen molar-refractivity contribution in [1.82, 2.24) is 20.1 Å².